The minimum atomic E-state index is 0.296. The van der Waals surface area contributed by atoms with E-state index in [4.69, 9.17) is 16.3 Å². The van der Waals surface area contributed by atoms with E-state index in [9.17, 15) is 5.11 Å². The molecule has 0 saturated heterocycles. The van der Waals surface area contributed by atoms with Gasteiger partial charge in [-0.1, -0.05) is 17.7 Å². The number of aryl methyl sites for hydroxylation is 1. The fraction of sp³-hybridized carbons (Fsp3) is 0.333. The molecule has 1 aliphatic rings. The van der Waals surface area contributed by atoms with Gasteiger partial charge in [0.05, 0.1) is 13.2 Å². The summed E-state index contributed by atoms with van der Waals surface area (Å²) in [5.41, 5.74) is 2.83. The van der Waals surface area contributed by atoms with Crippen LogP contribution in [0.15, 0.2) is 18.2 Å². The van der Waals surface area contributed by atoms with Gasteiger partial charge in [-0.05, 0) is 36.6 Å². The Balaban J connectivity index is 2.43. The van der Waals surface area contributed by atoms with Crippen LogP contribution >= 0.6 is 11.6 Å². The number of aromatic hydroxyl groups is 1. The second kappa shape index (κ2) is 4.25. The Hall–Kier alpha value is -0.990. The molecule has 0 unspecified atom stereocenters. The van der Waals surface area contributed by atoms with Crippen LogP contribution in [0.1, 0.15) is 17.5 Å². The van der Waals surface area contributed by atoms with Crippen LogP contribution in [-0.4, -0.2) is 18.3 Å². The van der Waals surface area contributed by atoms with Crippen molar-refractivity contribution in [3.05, 3.63) is 34.4 Å². The number of phenols is 1. The van der Waals surface area contributed by atoms with Crippen LogP contribution in [0.25, 0.3) is 5.57 Å². The van der Waals surface area contributed by atoms with Crippen LogP contribution in [0.5, 0.6) is 5.75 Å². The Morgan fingerprint density at radius 3 is 2.87 bits per heavy atom. The quantitative estimate of drug-likeness (QED) is 0.794. The van der Waals surface area contributed by atoms with E-state index in [2.05, 4.69) is 0 Å². The van der Waals surface area contributed by atoms with Crippen molar-refractivity contribution in [2.45, 2.75) is 13.3 Å². The lowest BCUT2D eigenvalue weighted by Gasteiger charge is -2.15. The summed E-state index contributed by atoms with van der Waals surface area (Å²) in [5, 5.41) is 10.5. The Bertz CT molecular complexity index is 410. The van der Waals surface area contributed by atoms with Gasteiger partial charge < -0.3 is 9.84 Å². The zero-order valence-corrected chi connectivity index (χ0v) is 9.34. The predicted molar refractivity (Wildman–Crippen MR) is 61.3 cm³/mol. The summed E-state index contributed by atoms with van der Waals surface area (Å²) in [4.78, 5) is 0. The molecule has 0 amide bonds. The molecule has 0 atom stereocenters. The van der Waals surface area contributed by atoms with Gasteiger partial charge in [-0.2, -0.15) is 0 Å². The third-order valence-electron chi connectivity index (χ3n) is 2.59. The monoisotopic (exact) mass is 224 g/mol. The summed E-state index contributed by atoms with van der Waals surface area (Å²) in [6.07, 6.45) is 2.82. The molecular formula is C12H13ClO2. The van der Waals surface area contributed by atoms with Crippen molar-refractivity contribution in [2.75, 3.05) is 13.2 Å². The lowest BCUT2D eigenvalue weighted by molar-refractivity contribution is 0.161. The minimum absolute atomic E-state index is 0.296. The van der Waals surface area contributed by atoms with Gasteiger partial charge in [0.1, 0.15) is 5.75 Å². The Labute approximate surface area is 94.1 Å². The maximum Gasteiger partial charge on any atom is 0.123 e. The number of ether oxygens (including phenoxy) is 1. The molecule has 1 N–H and O–H groups in total. The van der Waals surface area contributed by atoms with Gasteiger partial charge in [-0.15, -0.1) is 0 Å². The van der Waals surface area contributed by atoms with Gasteiger partial charge in [-0.25, -0.2) is 0 Å². The zero-order valence-electron chi connectivity index (χ0n) is 8.59. The molecule has 3 heteroatoms. The number of hydrogen-bond acceptors (Lipinski definition) is 2. The maximum absolute atomic E-state index is 9.83. The highest BCUT2D eigenvalue weighted by atomic mass is 35.5. The number of benzene rings is 1. The molecular weight excluding hydrogens is 212 g/mol. The van der Waals surface area contributed by atoms with E-state index < -0.39 is 0 Å². The maximum atomic E-state index is 9.83. The fourth-order valence-corrected chi connectivity index (χ4v) is 1.86. The topological polar surface area (TPSA) is 29.5 Å². The first-order valence-electron chi connectivity index (χ1n) is 4.95. The highest BCUT2D eigenvalue weighted by molar-refractivity contribution is 6.31. The lowest BCUT2D eigenvalue weighted by Crippen LogP contribution is -2.04. The molecule has 0 aliphatic carbocycles. The average Bonchev–Trinajstić information content (AvgIpc) is 2.25. The van der Waals surface area contributed by atoms with E-state index in [1.54, 1.807) is 6.07 Å². The summed E-state index contributed by atoms with van der Waals surface area (Å²) >= 11 is 6.04. The van der Waals surface area contributed by atoms with Crippen molar-refractivity contribution in [3.8, 4) is 5.75 Å². The van der Waals surface area contributed by atoms with Gasteiger partial charge >= 0.3 is 0 Å². The molecule has 0 radical (unpaired) electrons. The Kier molecular flexibility index (Phi) is 2.98. The molecule has 2 nitrogen and oxygen atoms in total. The third-order valence-corrected chi connectivity index (χ3v) is 2.99. The molecule has 0 spiro atoms. The average molecular weight is 225 g/mol. The van der Waals surface area contributed by atoms with Crippen molar-refractivity contribution in [1.29, 1.82) is 0 Å². The summed E-state index contributed by atoms with van der Waals surface area (Å²) in [5.74, 6) is 0.296. The van der Waals surface area contributed by atoms with Crippen LogP contribution < -0.4 is 0 Å². The van der Waals surface area contributed by atoms with Crippen molar-refractivity contribution >= 4 is 17.2 Å². The van der Waals surface area contributed by atoms with Crippen LogP contribution in [-0.2, 0) is 4.74 Å². The molecule has 1 heterocycles. The van der Waals surface area contributed by atoms with E-state index in [-0.39, 0.29) is 0 Å². The zero-order chi connectivity index (χ0) is 10.8. The first kappa shape index (κ1) is 10.5. The van der Waals surface area contributed by atoms with Crippen molar-refractivity contribution in [1.82, 2.24) is 0 Å². The predicted octanol–water partition coefficient (Wildman–Crippen LogP) is 3.16. The van der Waals surface area contributed by atoms with E-state index >= 15 is 0 Å². The number of halogens is 1. The van der Waals surface area contributed by atoms with Crippen LogP contribution in [0.3, 0.4) is 0 Å². The first-order chi connectivity index (χ1) is 7.18. The Morgan fingerprint density at radius 1 is 1.40 bits per heavy atom. The SMILES string of the molecule is Cc1cc(O)c(C2=CCOCC2)cc1Cl. The highest BCUT2D eigenvalue weighted by Crippen LogP contribution is 2.33. The third kappa shape index (κ3) is 2.16. The molecule has 80 valence electrons. The highest BCUT2D eigenvalue weighted by Gasteiger charge is 2.12. The summed E-state index contributed by atoms with van der Waals surface area (Å²) in [7, 11) is 0. The Morgan fingerprint density at radius 2 is 2.20 bits per heavy atom. The molecule has 1 aromatic rings. The van der Waals surface area contributed by atoms with Crippen molar-refractivity contribution < 1.29 is 9.84 Å². The normalized spacial score (nSPS) is 16.3. The van der Waals surface area contributed by atoms with Crippen LogP contribution in [0.2, 0.25) is 5.02 Å². The van der Waals surface area contributed by atoms with E-state index in [1.807, 2.05) is 19.1 Å². The summed E-state index contributed by atoms with van der Waals surface area (Å²) in [6, 6.07) is 3.53. The van der Waals surface area contributed by atoms with Gasteiger partial charge in [0.15, 0.2) is 0 Å². The molecule has 15 heavy (non-hydrogen) atoms. The molecule has 0 aromatic heterocycles. The second-order valence-corrected chi connectivity index (χ2v) is 4.08. The first-order valence-corrected chi connectivity index (χ1v) is 5.32. The van der Waals surface area contributed by atoms with Crippen LogP contribution in [0.4, 0.5) is 0 Å². The van der Waals surface area contributed by atoms with Crippen molar-refractivity contribution in [2.24, 2.45) is 0 Å². The van der Waals surface area contributed by atoms with Gasteiger partial charge in [-0.3, -0.25) is 0 Å². The standard InChI is InChI=1S/C12H13ClO2/c1-8-6-12(14)10(7-11(8)13)9-2-4-15-5-3-9/h2,6-7,14H,3-5H2,1H3. The molecule has 0 saturated carbocycles. The molecule has 0 bridgehead atoms. The van der Waals surface area contributed by atoms with E-state index in [1.165, 1.54) is 0 Å². The van der Waals surface area contributed by atoms with Crippen molar-refractivity contribution in [3.63, 3.8) is 0 Å². The fourth-order valence-electron chi connectivity index (χ4n) is 1.70. The van der Waals surface area contributed by atoms with E-state index in [0.29, 0.717) is 24.0 Å². The van der Waals surface area contributed by atoms with Crippen LogP contribution in [0, 0.1) is 6.92 Å². The van der Waals surface area contributed by atoms with Gasteiger partial charge in [0.25, 0.3) is 0 Å². The molecule has 2 rings (SSSR count). The minimum Gasteiger partial charge on any atom is -0.507 e. The van der Waals surface area contributed by atoms with Gasteiger partial charge in [0, 0.05) is 10.6 Å². The number of hydrogen-bond donors (Lipinski definition) is 1. The summed E-state index contributed by atoms with van der Waals surface area (Å²) in [6.45, 7) is 3.20. The van der Waals surface area contributed by atoms with Gasteiger partial charge in [0.2, 0.25) is 0 Å². The van der Waals surface area contributed by atoms with E-state index in [0.717, 1.165) is 23.1 Å². The second-order valence-electron chi connectivity index (χ2n) is 3.67. The molecule has 1 aromatic carbocycles. The molecule has 0 fully saturated rings. The smallest absolute Gasteiger partial charge is 0.123 e. The number of rotatable bonds is 1. The largest absolute Gasteiger partial charge is 0.507 e. The lowest BCUT2D eigenvalue weighted by atomic mass is 9.99. The molecule has 1 aliphatic heterocycles. The number of phenolic OH excluding ortho intramolecular Hbond substituents is 1. The summed E-state index contributed by atoms with van der Waals surface area (Å²) < 4.78 is 5.22.